The fourth-order valence-electron chi connectivity index (χ4n) is 2.66. The van der Waals surface area contributed by atoms with Gasteiger partial charge in [0.2, 0.25) is 12.4 Å². The van der Waals surface area contributed by atoms with Crippen LogP contribution in [0.5, 0.6) is 0 Å². The third-order valence-corrected chi connectivity index (χ3v) is 4.80. The van der Waals surface area contributed by atoms with Crippen LogP contribution in [0.4, 0.5) is 0 Å². The van der Waals surface area contributed by atoms with E-state index in [0.717, 1.165) is 7.11 Å². The molecule has 5 atom stereocenters. The van der Waals surface area contributed by atoms with Crippen LogP contribution in [0.1, 0.15) is 55.4 Å². The predicted molar refractivity (Wildman–Crippen MR) is 116 cm³/mol. The zero-order chi connectivity index (χ0) is 26.3. The van der Waals surface area contributed by atoms with E-state index in [2.05, 4.69) is 0 Å². The summed E-state index contributed by atoms with van der Waals surface area (Å²) in [6.07, 6.45) is -7.85. The standard InChI is InChI=1S/C23H36O11/c1-10(2)18(24)30-14-15(31-19(25)11(3)4)17(32-20(26)12(5)6)23(34-21(27)13(7)8)33-16(14)22(28)29-9/h10-17,23H,1-9H3. The van der Waals surface area contributed by atoms with Gasteiger partial charge in [-0.3, -0.25) is 19.2 Å². The minimum absolute atomic E-state index is 0.588. The van der Waals surface area contributed by atoms with Crippen molar-refractivity contribution in [1.29, 1.82) is 0 Å². The number of carbonyl (C=O) groups excluding carboxylic acids is 5. The van der Waals surface area contributed by atoms with Crippen LogP contribution in [-0.2, 0) is 52.4 Å². The molecule has 0 saturated carbocycles. The molecule has 1 saturated heterocycles. The molecule has 1 aliphatic heterocycles. The molecule has 0 aliphatic carbocycles. The second-order valence-electron chi connectivity index (χ2n) is 9.21. The minimum atomic E-state index is -1.64. The Labute approximate surface area is 199 Å². The van der Waals surface area contributed by atoms with Gasteiger partial charge >= 0.3 is 29.8 Å². The highest BCUT2D eigenvalue weighted by Gasteiger charge is 2.57. The lowest BCUT2D eigenvalue weighted by atomic mass is 9.97. The number of hydrogen-bond donors (Lipinski definition) is 0. The van der Waals surface area contributed by atoms with E-state index in [-0.39, 0.29) is 0 Å². The predicted octanol–water partition coefficient (Wildman–Crippen LogP) is 1.79. The summed E-state index contributed by atoms with van der Waals surface area (Å²) in [4.78, 5) is 62.4. The van der Waals surface area contributed by atoms with Crippen LogP contribution in [0.2, 0.25) is 0 Å². The molecule has 1 rings (SSSR count). The van der Waals surface area contributed by atoms with Crippen molar-refractivity contribution in [2.75, 3.05) is 7.11 Å². The first-order valence-electron chi connectivity index (χ1n) is 11.3. The Morgan fingerprint density at radius 3 is 1.29 bits per heavy atom. The van der Waals surface area contributed by atoms with Crippen molar-refractivity contribution in [3.8, 4) is 0 Å². The lowest BCUT2D eigenvalue weighted by Gasteiger charge is -2.43. The number of esters is 5. The molecule has 0 aromatic heterocycles. The summed E-state index contributed by atoms with van der Waals surface area (Å²) < 4.78 is 32.4. The summed E-state index contributed by atoms with van der Waals surface area (Å²) in [7, 11) is 1.09. The van der Waals surface area contributed by atoms with E-state index in [4.69, 9.17) is 28.4 Å². The minimum Gasteiger partial charge on any atom is -0.467 e. The van der Waals surface area contributed by atoms with Gasteiger partial charge in [-0.2, -0.15) is 0 Å². The number of rotatable bonds is 9. The molecule has 1 heterocycles. The van der Waals surface area contributed by atoms with Gasteiger partial charge in [0.25, 0.3) is 0 Å². The maximum absolute atomic E-state index is 12.6. The van der Waals surface area contributed by atoms with E-state index < -0.39 is 84.2 Å². The van der Waals surface area contributed by atoms with Crippen molar-refractivity contribution >= 4 is 29.8 Å². The number of methoxy groups -OCH3 is 1. The van der Waals surface area contributed by atoms with Gasteiger partial charge < -0.3 is 28.4 Å². The van der Waals surface area contributed by atoms with E-state index in [1.165, 1.54) is 0 Å². The Hall–Kier alpha value is -2.69. The SMILES string of the molecule is COC(=O)C1OC(OC(=O)C(C)C)C(OC(=O)C(C)C)C(OC(=O)C(C)C)C1OC(=O)C(C)C. The van der Waals surface area contributed by atoms with Gasteiger partial charge in [-0.1, -0.05) is 55.4 Å². The third kappa shape index (κ3) is 7.68. The Kier molecular flexibility index (Phi) is 10.9. The zero-order valence-electron chi connectivity index (χ0n) is 21.2. The molecule has 0 aromatic rings. The molecule has 11 nitrogen and oxygen atoms in total. The van der Waals surface area contributed by atoms with E-state index in [0.29, 0.717) is 0 Å². The zero-order valence-corrected chi connectivity index (χ0v) is 21.2. The number of carbonyl (C=O) groups is 5. The summed E-state index contributed by atoms with van der Waals surface area (Å²) in [5.41, 5.74) is 0. The fourth-order valence-corrected chi connectivity index (χ4v) is 2.66. The summed E-state index contributed by atoms with van der Waals surface area (Å²) in [6, 6.07) is 0. The van der Waals surface area contributed by atoms with Gasteiger partial charge in [-0.05, 0) is 0 Å². The van der Waals surface area contributed by atoms with Gasteiger partial charge in [-0.25, -0.2) is 4.79 Å². The number of ether oxygens (including phenoxy) is 6. The van der Waals surface area contributed by atoms with Gasteiger partial charge in [-0.15, -0.1) is 0 Å². The van der Waals surface area contributed by atoms with Crippen molar-refractivity contribution in [3.05, 3.63) is 0 Å². The molecule has 1 aliphatic rings. The Morgan fingerprint density at radius 1 is 0.559 bits per heavy atom. The van der Waals surface area contributed by atoms with Crippen LogP contribution in [0.25, 0.3) is 0 Å². The molecular weight excluding hydrogens is 452 g/mol. The van der Waals surface area contributed by atoms with E-state index in [1.807, 2.05) is 0 Å². The van der Waals surface area contributed by atoms with Crippen LogP contribution in [0.15, 0.2) is 0 Å². The topological polar surface area (TPSA) is 141 Å². The fraction of sp³-hybridized carbons (Fsp3) is 0.783. The van der Waals surface area contributed by atoms with Gasteiger partial charge in [0.05, 0.1) is 30.8 Å². The third-order valence-electron chi connectivity index (χ3n) is 4.80. The lowest BCUT2D eigenvalue weighted by molar-refractivity contribution is -0.297. The average molecular weight is 489 g/mol. The van der Waals surface area contributed by atoms with Crippen LogP contribution in [0, 0.1) is 23.7 Å². The van der Waals surface area contributed by atoms with Crippen LogP contribution < -0.4 is 0 Å². The number of hydrogen-bond acceptors (Lipinski definition) is 11. The van der Waals surface area contributed by atoms with Crippen molar-refractivity contribution < 1.29 is 52.4 Å². The summed E-state index contributed by atoms with van der Waals surface area (Å²) in [5.74, 6) is -6.24. The maximum Gasteiger partial charge on any atom is 0.339 e. The van der Waals surface area contributed by atoms with Crippen LogP contribution >= 0.6 is 0 Å². The van der Waals surface area contributed by atoms with Gasteiger partial charge in [0.15, 0.2) is 18.3 Å². The van der Waals surface area contributed by atoms with Crippen LogP contribution in [0.3, 0.4) is 0 Å². The molecule has 1 fully saturated rings. The quantitative estimate of drug-likeness (QED) is 0.346. The molecule has 0 amide bonds. The van der Waals surface area contributed by atoms with Crippen molar-refractivity contribution in [2.45, 2.75) is 86.1 Å². The Bertz CT molecular complexity index is 756. The first kappa shape index (κ1) is 29.3. The second-order valence-corrected chi connectivity index (χ2v) is 9.21. The molecule has 0 radical (unpaired) electrons. The Balaban J connectivity index is 3.61. The second kappa shape index (κ2) is 12.7. The summed E-state index contributed by atoms with van der Waals surface area (Å²) in [6.45, 7) is 12.6. The molecule has 11 heteroatoms. The Morgan fingerprint density at radius 2 is 0.912 bits per heavy atom. The summed E-state index contributed by atoms with van der Waals surface area (Å²) in [5, 5.41) is 0. The van der Waals surface area contributed by atoms with Crippen molar-refractivity contribution in [1.82, 2.24) is 0 Å². The molecule has 0 bridgehead atoms. The molecule has 0 aromatic carbocycles. The summed E-state index contributed by atoms with van der Waals surface area (Å²) >= 11 is 0. The first-order chi connectivity index (χ1) is 15.7. The smallest absolute Gasteiger partial charge is 0.339 e. The van der Waals surface area contributed by atoms with Crippen molar-refractivity contribution in [3.63, 3.8) is 0 Å². The van der Waals surface area contributed by atoms with Gasteiger partial charge in [0, 0.05) is 0 Å². The van der Waals surface area contributed by atoms with Gasteiger partial charge in [0.1, 0.15) is 0 Å². The molecule has 34 heavy (non-hydrogen) atoms. The lowest BCUT2D eigenvalue weighted by Crippen LogP contribution is -2.64. The molecule has 194 valence electrons. The maximum atomic E-state index is 12.6. The van der Waals surface area contributed by atoms with Crippen LogP contribution in [-0.4, -0.2) is 67.7 Å². The normalized spacial score (nSPS) is 24.7. The van der Waals surface area contributed by atoms with E-state index in [1.54, 1.807) is 55.4 Å². The first-order valence-corrected chi connectivity index (χ1v) is 11.3. The monoisotopic (exact) mass is 488 g/mol. The molecular formula is C23H36O11. The molecule has 0 spiro atoms. The van der Waals surface area contributed by atoms with E-state index in [9.17, 15) is 24.0 Å². The van der Waals surface area contributed by atoms with Crippen molar-refractivity contribution in [2.24, 2.45) is 23.7 Å². The largest absolute Gasteiger partial charge is 0.467 e. The highest BCUT2D eigenvalue weighted by Crippen LogP contribution is 2.32. The van der Waals surface area contributed by atoms with E-state index >= 15 is 0 Å². The average Bonchev–Trinajstić information content (AvgIpc) is 2.75. The highest BCUT2D eigenvalue weighted by molar-refractivity contribution is 5.78. The highest BCUT2D eigenvalue weighted by atomic mass is 16.7. The molecule has 5 unspecified atom stereocenters. The molecule has 0 N–H and O–H groups in total.